The third-order valence-electron chi connectivity index (χ3n) is 3.82. The lowest BCUT2D eigenvalue weighted by molar-refractivity contribution is -0.122. The summed E-state index contributed by atoms with van der Waals surface area (Å²) in [6.07, 6.45) is 5.07. The van der Waals surface area contributed by atoms with E-state index in [9.17, 15) is 9.59 Å². The van der Waals surface area contributed by atoms with Gasteiger partial charge in [0.2, 0.25) is 0 Å². The average Bonchev–Trinajstić information content (AvgIpc) is 2.99. The van der Waals surface area contributed by atoms with E-state index < -0.39 is 0 Å². The van der Waals surface area contributed by atoms with E-state index in [1.807, 2.05) is 42.7 Å². The van der Waals surface area contributed by atoms with Gasteiger partial charge in [-0.05, 0) is 55.4 Å². The highest BCUT2D eigenvalue weighted by molar-refractivity contribution is 8.18. The molecule has 5 nitrogen and oxygen atoms in total. The van der Waals surface area contributed by atoms with E-state index in [1.165, 1.54) is 4.90 Å². The highest BCUT2D eigenvalue weighted by Crippen LogP contribution is 2.33. The lowest BCUT2D eigenvalue weighted by Gasteiger charge is -2.08. The summed E-state index contributed by atoms with van der Waals surface area (Å²) in [6, 6.07) is 7.73. The number of aryl methyl sites for hydroxylation is 1. The molecule has 3 heterocycles. The van der Waals surface area contributed by atoms with Crippen LogP contribution in [0.2, 0.25) is 0 Å². The van der Waals surface area contributed by atoms with Crippen LogP contribution in [0.3, 0.4) is 0 Å². The van der Waals surface area contributed by atoms with Crippen LogP contribution in [0.4, 0.5) is 4.79 Å². The summed E-state index contributed by atoms with van der Waals surface area (Å²) in [5.41, 5.74) is 2.90. The Bertz CT molecular complexity index is 853. The fraction of sp³-hybridized carbons (Fsp3) is 0.167. The molecule has 0 atom stereocenters. The van der Waals surface area contributed by atoms with Gasteiger partial charge in [-0.25, -0.2) is 4.98 Å². The van der Waals surface area contributed by atoms with Gasteiger partial charge in [0.1, 0.15) is 5.82 Å². The topological polar surface area (TPSA) is 55.2 Å². The van der Waals surface area contributed by atoms with Crippen molar-refractivity contribution in [3.8, 4) is 5.82 Å². The number of hydrogen-bond acceptors (Lipinski definition) is 4. The van der Waals surface area contributed by atoms with Gasteiger partial charge in [0, 0.05) is 24.1 Å². The lowest BCUT2D eigenvalue weighted by Crippen LogP contribution is -2.27. The minimum Gasteiger partial charge on any atom is -0.303 e. The molecule has 6 heteroatoms. The van der Waals surface area contributed by atoms with Gasteiger partial charge in [0.25, 0.3) is 11.1 Å². The molecule has 0 aliphatic carbocycles. The average molecular weight is 339 g/mol. The van der Waals surface area contributed by atoms with Crippen LogP contribution >= 0.6 is 11.8 Å². The summed E-state index contributed by atoms with van der Waals surface area (Å²) in [4.78, 5) is 30.3. The second-order valence-corrected chi connectivity index (χ2v) is 6.42. The first-order chi connectivity index (χ1) is 11.5. The van der Waals surface area contributed by atoms with E-state index >= 15 is 0 Å². The maximum absolute atomic E-state index is 12.3. The highest BCUT2D eigenvalue weighted by Gasteiger charge is 2.34. The molecule has 0 radical (unpaired) electrons. The summed E-state index contributed by atoms with van der Waals surface area (Å²) in [7, 11) is 0. The zero-order valence-electron chi connectivity index (χ0n) is 13.5. The second-order valence-electron chi connectivity index (χ2n) is 5.43. The zero-order valence-corrected chi connectivity index (χ0v) is 14.3. The minimum absolute atomic E-state index is 0.231. The molecule has 1 aliphatic rings. The van der Waals surface area contributed by atoms with Gasteiger partial charge in [-0.2, -0.15) is 0 Å². The molecule has 3 rings (SSSR count). The van der Waals surface area contributed by atoms with Gasteiger partial charge in [-0.3, -0.25) is 14.5 Å². The molecule has 0 saturated carbocycles. The number of rotatable bonds is 4. The van der Waals surface area contributed by atoms with Crippen LogP contribution in [0.15, 0.2) is 48.0 Å². The monoisotopic (exact) mass is 339 g/mol. The predicted molar refractivity (Wildman–Crippen MR) is 95.9 cm³/mol. The van der Waals surface area contributed by atoms with Crippen molar-refractivity contribution >= 4 is 29.0 Å². The van der Waals surface area contributed by atoms with Crippen molar-refractivity contribution in [1.29, 1.82) is 0 Å². The number of aromatic nitrogens is 2. The zero-order chi connectivity index (χ0) is 17.3. The molecular formula is C18H17N3O2S. The first-order valence-corrected chi connectivity index (χ1v) is 8.31. The molecule has 2 aromatic heterocycles. The molecule has 0 spiro atoms. The Morgan fingerprint density at radius 2 is 2.08 bits per heavy atom. The number of hydrogen-bond donors (Lipinski definition) is 0. The predicted octanol–water partition coefficient (Wildman–Crippen LogP) is 3.71. The maximum atomic E-state index is 12.3. The SMILES string of the molecule is C=CCN1C(=O)S/C(=C\c2cc(C)n(-c3ccccn3)c2C)C1=O. The number of amides is 2. The minimum atomic E-state index is -0.271. The van der Waals surface area contributed by atoms with Crippen molar-refractivity contribution in [3.05, 3.63) is 65.0 Å². The molecule has 0 unspecified atom stereocenters. The van der Waals surface area contributed by atoms with E-state index in [1.54, 1.807) is 18.3 Å². The third-order valence-corrected chi connectivity index (χ3v) is 4.73. The van der Waals surface area contributed by atoms with Crippen molar-refractivity contribution in [2.45, 2.75) is 13.8 Å². The van der Waals surface area contributed by atoms with Gasteiger partial charge in [-0.1, -0.05) is 12.1 Å². The number of nitrogens with zero attached hydrogens (tertiary/aromatic N) is 3. The Morgan fingerprint density at radius 3 is 2.75 bits per heavy atom. The molecule has 1 saturated heterocycles. The van der Waals surface area contributed by atoms with Crippen LogP contribution in [0, 0.1) is 13.8 Å². The van der Waals surface area contributed by atoms with E-state index in [-0.39, 0.29) is 17.7 Å². The molecule has 0 bridgehead atoms. The Kier molecular flexibility index (Phi) is 4.40. The molecule has 2 amide bonds. The summed E-state index contributed by atoms with van der Waals surface area (Å²) in [5.74, 6) is 0.555. The Hall–Kier alpha value is -2.60. The highest BCUT2D eigenvalue weighted by atomic mass is 32.2. The lowest BCUT2D eigenvalue weighted by atomic mass is 10.2. The Morgan fingerprint density at radius 1 is 1.29 bits per heavy atom. The first kappa shape index (κ1) is 16.3. The molecule has 1 fully saturated rings. The summed E-state index contributed by atoms with van der Waals surface area (Å²) >= 11 is 0.962. The van der Waals surface area contributed by atoms with Crippen LogP contribution in [0.5, 0.6) is 0 Å². The largest absolute Gasteiger partial charge is 0.303 e. The van der Waals surface area contributed by atoms with Crippen LogP contribution in [0.25, 0.3) is 11.9 Å². The van der Waals surface area contributed by atoms with Crippen LogP contribution in [-0.2, 0) is 4.79 Å². The summed E-state index contributed by atoms with van der Waals surface area (Å²) < 4.78 is 2.03. The van der Waals surface area contributed by atoms with Crippen LogP contribution < -0.4 is 0 Å². The fourth-order valence-corrected chi connectivity index (χ4v) is 3.54. The van der Waals surface area contributed by atoms with Crippen LogP contribution in [-0.4, -0.2) is 32.1 Å². The normalized spacial score (nSPS) is 16.2. The Balaban J connectivity index is 1.99. The molecule has 24 heavy (non-hydrogen) atoms. The van der Waals surface area contributed by atoms with Crippen LogP contribution in [0.1, 0.15) is 17.0 Å². The Labute approximate surface area is 144 Å². The second kappa shape index (κ2) is 6.49. The maximum Gasteiger partial charge on any atom is 0.293 e. The first-order valence-electron chi connectivity index (χ1n) is 7.49. The molecule has 0 aromatic carbocycles. The van der Waals surface area contributed by atoms with Gasteiger partial charge in [-0.15, -0.1) is 6.58 Å². The van der Waals surface area contributed by atoms with Crippen molar-refractivity contribution in [1.82, 2.24) is 14.5 Å². The number of carbonyl (C=O) groups excluding carboxylic acids is 2. The van der Waals surface area contributed by atoms with Crippen molar-refractivity contribution in [2.24, 2.45) is 0 Å². The smallest absolute Gasteiger partial charge is 0.293 e. The van der Waals surface area contributed by atoms with E-state index in [0.29, 0.717) is 4.91 Å². The van der Waals surface area contributed by atoms with Crippen molar-refractivity contribution < 1.29 is 9.59 Å². The van der Waals surface area contributed by atoms with E-state index in [0.717, 1.165) is 34.5 Å². The number of carbonyl (C=O) groups is 2. The third kappa shape index (κ3) is 2.80. The van der Waals surface area contributed by atoms with Crippen molar-refractivity contribution in [2.75, 3.05) is 6.54 Å². The van der Waals surface area contributed by atoms with Gasteiger partial charge in [0.15, 0.2) is 0 Å². The number of pyridine rings is 1. The molecule has 0 N–H and O–H groups in total. The summed E-state index contributed by atoms with van der Waals surface area (Å²) in [6.45, 7) is 7.77. The number of imide groups is 1. The quantitative estimate of drug-likeness (QED) is 0.629. The standard InChI is InChI=1S/C18H17N3O2S/c1-4-9-20-17(22)15(24-18(20)23)11-14-10-12(2)21(13(14)3)16-7-5-6-8-19-16/h4-8,10-11H,1,9H2,2-3H3/b15-11-. The fourth-order valence-electron chi connectivity index (χ4n) is 2.70. The summed E-state index contributed by atoms with van der Waals surface area (Å²) in [5, 5.41) is -0.260. The molecule has 2 aromatic rings. The molecule has 122 valence electrons. The molecule has 1 aliphatic heterocycles. The van der Waals surface area contributed by atoms with Gasteiger partial charge < -0.3 is 4.57 Å². The van der Waals surface area contributed by atoms with E-state index in [4.69, 9.17) is 0 Å². The molecular weight excluding hydrogens is 322 g/mol. The van der Waals surface area contributed by atoms with Gasteiger partial charge >= 0.3 is 0 Å². The van der Waals surface area contributed by atoms with E-state index in [2.05, 4.69) is 11.6 Å². The van der Waals surface area contributed by atoms with Gasteiger partial charge in [0.05, 0.1) is 4.91 Å². The van der Waals surface area contributed by atoms with Crippen molar-refractivity contribution in [3.63, 3.8) is 0 Å². The number of thioether (sulfide) groups is 1.